The molecule has 0 radical (unpaired) electrons. The van der Waals surface area contributed by atoms with E-state index in [0.717, 1.165) is 0 Å². The van der Waals surface area contributed by atoms with Gasteiger partial charge in [-0.3, -0.25) is 19.2 Å². The van der Waals surface area contributed by atoms with Gasteiger partial charge in [-0.25, -0.2) is 0 Å². The monoisotopic (exact) mass is 347 g/mol. The Bertz CT molecular complexity index is 703. The van der Waals surface area contributed by atoms with Crippen LogP contribution in [0.5, 0.6) is 0 Å². The van der Waals surface area contributed by atoms with Crippen LogP contribution in [0.25, 0.3) is 0 Å². The average Bonchev–Trinajstić information content (AvgIpc) is 2.57. The first kappa shape index (κ1) is 18.4. The maximum absolute atomic E-state index is 12.4. The molecule has 1 aliphatic heterocycles. The zero-order valence-electron chi connectivity index (χ0n) is 14.1. The zero-order valence-corrected chi connectivity index (χ0v) is 14.1. The second-order valence-corrected chi connectivity index (χ2v) is 6.03. The number of amides is 3. The summed E-state index contributed by atoms with van der Waals surface area (Å²) < 4.78 is 0. The molecule has 3 amide bonds. The van der Waals surface area contributed by atoms with Crippen LogP contribution >= 0.6 is 0 Å². The molecule has 134 valence electrons. The van der Waals surface area contributed by atoms with Crippen molar-refractivity contribution in [2.45, 2.75) is 32.7 Å². The predicted molar refractivity (Wildman–Crippen MR) is 91.1 cm³/mol. The van der Waals surface area contributed by atoms with Crippen molar-refractivity contribution in [3.05, 3.63) is 24.3 Å². The van der Waals surface area contributed by atoms with E-state index in [0.29, 0.717) is 11.4 Å². The molecule has 0 saturated heterocycles. The number of nitrogens with one attached hydrogen (secondary N) is 2. The van der Waals surface area contributed by atoms with Crippen molar-refractivity contribution >= 4 is 35.1 Å². The summed E-state index contributed by atoms with van der Waals surface area (Å²) >= 11 is 0. The molecule has 2 atom stereocenters. The minimum absolute atomic E-state index is 0.0678. The van der Waals surface area contributed by atoms with Crippen LogP contribution in [0, 0.1) is 5.92 Å². The lowest BCUT2D eigenvalue weighted by molar-refractivity contribution is -0.142. The fourth-order valence-electron chi connectivity index (χ4n) is 2.48. The molecule has 25 heavy (non-hydrogen) atoms. The van der Waals surface area contributed by atoms with Crippen molar-refractivity contribution in [1.82, 2.24) is 5.32 Å². The average molecular weight is 347 g/mol. The van der Waals surface area contributed by atoms with Crippen molar-refractivity contribution < 1.29 is 24.3 Å². The van der Waals surface area contributed by atoms with Gasteiger partial charge in [0.05, 0.1) is 17.3 Å². The van der Waals surface area contributed by atoms with Gasteiger partial charge >= 0.3 is 5.97 Å². The molecular formula is C17H21N3O5. The molecule has 1 aliphatic rings. The van der Waals surface area contributed by atoms with Crippen LogP contribution in [0.1, 0.15) is 26.7 Å². The summed E-state index contributed by atoms with van der Waals surface area (Å²) in [6.07, 6.45) is -0.141. The minimum atomic E-state index is -1.00. The molecule has 0 spiro atoms. The number of carboxylic acids is 1. The summed E-state index contributed by atoms with van der Waals surface area (Å²) in [7, 11) is 0. The van der Waals surface area contributed by atoms with E-state index < -0.39 is 23.8 Å². The molecule has 2 rings (SSSR count). The first-order valence-electron chi connectivity index (χ1n) is 8.01. The molecule has 0 bridgehead atoms. The largest absolute Gasteiger partial charge is 0.481 e. The Balaban J connectivity index is 1.93. The van der Waals surface area contributed by atoms with Crippen LogP contribution in [-0.4, -0.2) is 41.4 Å². The van der Waals surface area contributed by atoms with Crippen molar-refractivity contribution in [1.29, 1.82) is 0 Å². The summed E-state index contributed by atoms with van der Waals surface area (Å²) in [5.74, 6) is -2.75. The smallest absolute Gasteiger partial charge is 0.308 e. The van der Waals surface area contributed by atoms with Gasteiger partial charge in [-0.1, -0.05) is 12.1 Å². The molecule has 1 heterocycles. The van der Waals surface area contributed by atoms with Crippen molar-refractivity contribution in [2.24, 2.45) is 5.92 Å². The van der Waals surface area contributed by atoms with Crippen LogP contribution in [-0.2, 0) is 19.2 Å². The van der Waals surface area contributed by atoms with E-state index in [9.17, 15) is 19.2 Å². The summed E-state index contributed by atoms with van der Waals surface area (Å²) in [6, 6.07) is 6.41. The number of fused-ring (bicyclic) bond motifs is 1. The van der Waals surface area contributed by atoms with Crippen molar-refractivity contribution in [3.8, 4) is 0 Å². The number of rotatable bonds is 6. The molecule has 1 aromatic rings. The standard InChI is InChI=1S/C17H21N3O5/c1-10(17(24)25)11(2)18-14(21)7-8-16(23)20-9-15(22)19-12-5-3-4-6-13(12)20/h3-6,10-11H,7-9H2,1-2H3,(H,18,21)(H,19,22)(H,24,25). The van der Waals surface area contributed by atoms with Crippen LogP contribution < -0.4 is 15.5 Å². The van der Waals surface area contributed by atoms with Gasteiger partial charge in [-0.15, -0.1) is 0 Å². The Hall–Kier alpha value is -2.90. The van der Waals surface area contributed by atoms with E-state index in [1.165, 1.54) is 11.8 Å². The number of para-hydroxylation sites is 2. The molecular weight excluding hydrogens is 326 g/mol. The molecule has 1 aromatic carbocycles. The van der Waals surface area contributed by atoms with E-state index in [1.807, 2.05) is 0 Å². The first-order valence-corrected chi connectivity index (χ1v) is 8.01. The van der Waals surface area contributed by atoms with E-state index in [4.69, 9.17) is 5.11 Å². The third-order valence-corrected chi connectivity index (χ3v) is 4.17. The molecule has 0 fully saturated rings. The van der Waals surface area contributed by atoms with Gasteiger partial charge in [0, 0.05) is 18.9 Å². The summed E-state index contributed by atoms with van der Waals surface area (Å²) in [5, 5.41) is 14.2. The zero-order chi connectivity index (χ0) is 18.6. The third kappa shape index (κ3) is 4.56. The highest BCUT2D eigenvalue weighted by Crippen LogP contribution is 2.29. The van der Waals surface area contributed by atoms with E-state index in [-0.39, 0.29) is 31.2 Å². The van der Waals surface area contributed by atoms with Crippen molar-refractivity contribution in [3.63, 3.8) is 0 Å². The Kier molecular flexibility index (Phi) is 5.74. The number of nitrogens with zero attached hydrogens (tertiary/aromatic N) is 1. The van der Waals surface area contributed by atoms with Gasteiger partial charge < -0.3 is 20.6 Å². The van der Waals surface area contributed by atoms with Crippen LogP contribution in [0.2, 0.25) is 0 Å². The minimum Gasteiger partial charge on any atom is -0.481 e. The number of carbonyl (C=O) groups excluding carboxylic acids is 3. The van der Waals surface area contributed by atoms with Gasteiger partial charge in [-0.2, -0.15) is 0 Å². The van der Waals surface area contributed by atoms with Crippen LogP contribution in [0.3, 0.4) is 0 Å². The molecule has 8 heteroatoms. The SMILES string of the molecule is CC(NC(=O)CCC(=O)N1CC(=O)Nc2ccccc21)C(C)C(=O)O. The van der Waals surface area contributed by atoms with Crippen LogP contribution in [0.4, 0.5) is 11.4 Å². The van der Waals surface area contributed by atoms with E-state index in [1.54, 1.807) is 31.2 Å². The number of carbonyl (C=O) groups is 4. The van der Waals surface area contributed by atoms with Gasteiger partial charge in [0.2, 0.25) is 17.7 Å². The summed E-state index contributed by atoms with van der Waals surface area (Å²) in [5.41, 5.74) is 1.15. The quantitative estimate of drug-likeness (QED) is 0.709. The highest BCUT2D eigenvalue weighted by atomic mass is 16.4. The normalized spacial score (nSPS) is 15.6. The molecule has 0 saturated carbocycles. The summed E-state index contributed by atoms with van der Waals surface area (Å²) in [6.45, 7) is 3.01. The maximum atomic E-state index is 12.4. The number of hydrogen-bond donors (Lipinski definition) is 3. The molecule has 3 N–H and O–H groups in total. The Morgan fingerprint density at radius 2 is 1.92 bits per heavy atom. The second-order valence-electron chi connectivity index (χ2n) is 6.03. The lowest BCUT2D eigenvalue weighted by Crippen LogP contribution is -2.43. The predicted octanol–water partition coefficient (Wildman–Crippen LogP) is 0.977. The number of carboxylic acid groups (broad SMARTS) is 1. The summed E-state index contributed by atoms with van der Waals surface area (Å²) in [4.78, 5) is 48.3. The Morgan fingerprint density at radius 3 is 2.60 bits per heavy atom. The maximum Gasteiger partial charge on any atom is 0.308 e. The third-order valence-electron chi connectivity index (χ3n) is 4.17. The molecule has 8 nitrogen and oxygen atoms in total. The highest BCUT2D eigenvalue weighted by molar-refractivity contribution is 6.10. The first-order chi connectivity index (χ1) is 11.8. The van der Waals surface area contributed by atoms with E-state index >= 15 is 0 Å². The van der Waals surface area contributed by atoms with Gasteiger partial charge in [0.25, 0.3) is 0 Å². The number of benzene rings is 1. The number of hydrogen-bond acceptors (Lipinski definition) is 4. The fourth-order valence-corrected chi connectivity index (χ4v) is 2.48. The lowest BCUT2D eigenvalue weighted by Gasteiger charge is -2.29. The Labute approximate surface area is 145 Å². The fraction of sp³-hybridized carbons (Fsp3) is 0.412. The molecule has 2 unspecified atom stereocenters. The van der Waals surface area contributed by atoms with Crippen molar-refractivity contribution in [2.75, 3.05) is 16.8 Å². The topological polar surface area (TPSA) is 116 Å². The van der Waals surface area contributed by atoms with E-state index in [2.05, 4.69) is 10.6 Å². The van der Waals surface area contributed by atoms with Gasteiger partial charge in [-0.05, 0) is 26.0 Å². The second kappa shape index (κ2) is 7.78. The lowest BCUT2D eigenvalue weighted by atomic mass is 10.0. The van der Waals surface area contributed by atoms with Gasteiger partial charge in [0.1, 0.15) is 6.54 Å². The molecule has 0 aliphatic carbocycles. The number of anilines is 2. The van der Waals surface area contributed by atoms with Crippen LogP contribution in [0.15, 0.2) is 24.3 Å². The highest BCUT2D eigenvalue weighted by Gasteiger charge is 2.27. The Morgan fingerprint density at radius 1 is 1.24 bits per heavy atom. The van der Waals surface area contributed by atoms with Gasteiger partial charge in [0.15, 0.2) is 0 Å². The molecule has 0 aromatic heterocycles. The number of aliphatic carboxylic acids is 1.